The summed E-state index contributed by atoms with van der Waals surface area (Å²) in [5.74, 6) is 0.572. The molecule has 0 bridgehead atoms. The number of hydrogen-bond donors (Lipinski definition) is 0. The Balaban J connectivity index is 1.36. The zero-order valence-electron chi connectivity index (χ0n) is 16.4. The largest absolute Gasteiger partial charge is 0.465 e. The summed E-state index contributed by atoms with van der Waals surface area (Å²) < 4.78 is 15.9. The Morgan fingerprint density at radius 1 is 1.03 bits per heavy atom. The number of morpholine rings is 1. The van der Waals surface area contributed by atoms with E-state index in [4.69, 9.17) is 13.9 Å². The van der Waals surface area contributed by atoms with Crippen molar-refractivity contribution in [3.63, 3.8) is 0 Å². The average molecular weight is 402 g/mol. The van der Waals surface area contributed by atoms with Crippen molar-refractivity contribution in [2.45, 2.75) is 0 Å². The van der Waals surface area contributed by atoms with Gasteiger partial charge in [-0.25, -0.2) is 4.79 Å². The fraction of sp³-hybridized carbons (Fsp3) is 0.167. The molecule has 0 radical (unpaired) electrons. The fourth-order valence-corrected chi connectivity index (χ4v) is 3.06. The molecule has 0 N–H and O–H groups in total. The third-order valence-electron chi connectivity index (χ3n) is 4.59. The highest BCUT2D eigenvalue weighted by atomic mass is 16.5. The SMILES string of the molecule is O=C(C=Cc1ccco1)Oc1cccc(C=Nc2ccc(N3CCOCC3)cc2)c1. The molecule has 0 amide bonds. The number of anilines is 1. The number of carbonyl (C=O) groups is 1. The molecule has 6 heteroatoms. The molecule has 30 heavy (non-hydrogen) atoms. The third kappa shape index (κ3) is 5.46. The van der Waals surface area contributed by atoms with E-state index in [1.54, 1.807) is 42.8 Å². The van der Waals surface area contributed by atoms with Crippen LogP contribution >= 0.6 is 0 Å². The van der Waals surface area contributed by atoms with Gasteiger partial charge >= 0.3 is 5.97 Å². The molecule has 4 rings (SSSR count). The second-order valence-corrected chi connectivity index (χ2v) is 6.72. The summed E-state index contributed by atoms with van der Waals surface area (Å²) in [4.78, 5) is 18.8. The molecule has 2 heterocycles. The highest BCUT2D eigenvalue weighted by Gasteiger charge is 2.10. The summed E-state index contributed by atoms with van der Waals surface area (Å²) in [6.07, 6.45) is 6.19. The number of ether oxygens (including phenoxy) is 2. The van der Waals surface area contributed by atoms with E-state index in [2.05, 4.69) is 22.0 Å². The second kappa shape index (κ2) is 9.71. The van der Waals surface area contributed by atoms with E-state index < -0.39 is 5.97 Å². The average Bonchev–Trinajstić information content (AvgIpc) is 3.31. The molecular weight excluding hydrogens is 380 g/mol. The molecule has 0 atom stereocenters. The minimum atomic E-state index is -0.473. The predicted molar refractivity (Wildman–Crippen MR) is 117 cm³/mol. The van der Waals surface area contributed by atoms with Gasteiger partial charge in [0.05, 0.1) is 25.2 Å². The lowest BCUT2D eigenvalue weighted by molar-refractivity contribution is -0.128. The van der Waals surface area contributed by atoms with Gasteiger partial charge in [0.1, 0.15) is 11.5 Å². The van der Waals surface area contributed by atoms with Gasteiger partial charge in [-0.15, -0.1) is 0 Å². The highest BCUT2D eigenvalue weighted by molar-refractivity contribution is 5.89. The molecule has 0 spiro atoms. The van der Waals surface area contributed by atoms with Crippen LogP contribution in [0.15, 0.2) is 82.4 Å². The van der Waals surface area contributed by atoms with Crippen LogP contribution in [-0.2, 0) is 9.53 Å². The van der Waals surface area contributed by atoms with Crippen LogP contribution in [0.3, 0.4) is 0 Å². The summed E-state index contributed by atoms with van der Waals surface area (Å²) in [7, 11) is 0. The fourth-order valence-electron chi connectivity index (χ4n) is 3.06. The predicted octanol–water partition coefficient (Wildman–Crippen LogP) is 4.49. The van der Waals surface area contributed by atoms with Crippen molar-refractivity contribution in [1.82, 2.24) is 0 Å². The zero-order valence-corrected chi connectivity index (χ0v) is 16.4. The Labute approximate surface area is 175 Å². The van der Waals surface area contributed by atoms with Gasteiger partial charge in [-0.3, -0.25) is 4.99 Å². The number of nitrogens with zero attached hydrogens (tertiary/aromatic N) is 2. The summed E-state index contributed by atoms with van der Waals surface area (Å²) in [5, 5.41) is 0. The summed E-state index contributed by atoms with van der Waals surface area (Å²) >= 11 is 0. The first kappa shape index (κ1) is 19.7. The zero-order chi connectivity index (χ0) is 20.6. The van der Waals surface area contributed by atoms with Gasteiger partial charge in [0.2, 0.25) is 0 Å². The Morgan fingerprint density at radius 2 is 1.87 bits per heavy atom. The Morgan fingerprint density at radius 3 is 2.63 bits per heavy atom. The molecule has 1 aliphatic heterocycles. The minimum Gasteiger partial charge on any atom is -0.465 e. The molecule has 0 saturated carbocycles. The smallest absolute Gasteiger partial charge is 0.336 e. The lowest BCUT2D eigenvalue weighted by atomic mass is 10.2. The van der Waals surface area contributed by atoms with Crippen molar-refractivity contribution >= 4 is 29.6 Å². The lowest BCUT2D eigenvalue weighted by Crippen LogP contribution is -2.36. The normalized spacial score (nSPS) is 14.5. The number of carbonyl (C=O) groups excluding carboxylic acids is 1. The van der Waals surface area contributed by atoms with Crippen LogP contribution in [0, 0.1) is 0 Å². The van der Waals surface area contributed by atoms with Crippen LogP contribution < -0.4 is 9.64 Å². The molecule has 0 aliphatic carbocycles. The van der Waals surface area contributed by atoms with E-state index in [0.717, 1.165) is 37.6 Å². The maximum Gasteiger partial charge on any atom is 0.336 e. The number of rotatable bonds is 6. The summed E-state index contributed by atoms with van der Waals surface area (Å²) in [6.45, 7) is 3.34. The van der Waals surface area contributed by atoms with Gasteiger partial charge in [-0.2, -0.15) is 0 Å². The van der Waals surface area contributed by atoms with Crippen LogP contribution in [0.5, 0.6) is 5.75 Å². The number of benzene rings is 2. The van der Waals surface area contributed by atoms with Gasteiger partial charge < -0.3 is 18.8 Å². The van der Waals surface area contributed by atoms with Crippen molar-refractivity contribution in [3.05, 3.63) is 84.3 Å². The van der Waals surface area contributed by atoms with E-state index in [0.29, 0.717) is 11.5 Å². The van der Waals surface area contributed by atoms with Crippen LogP contribution in [-0.4, -0.2) is 38.5 Å². The number of furan rings is 1. The standard InChI is InChI=1S/C24H22N2O4/c27-24(11-10-22-5-2-14-29-22)30-23-4-1-3-19(17-23)18-25-20-6-8-21(9-7-20)26-12-15-28-16-13-26/h1-11,14,17-18H,12-13,15-16H2. The van der Waals surface area contributed by atoms with E-state index in [1.165, 1.54) is 11.8 Å². The van der Waals surface area contributed by atoms with E-state index >= 15 is 0 Å². The summed E-state index contributed by atoms with van der Waals surface area (Å²) in [5.41, 5.74) is 2.87. The van der Waals surface area contributed by atoms with Gasteiger partial charge in [0, 0.05) is 31.1 Å². The van der Waals surface area contributed by atoms with Crippen LogP contribution in [0.2, 0.25) is 0 Å². The highest BCUT2D eigenvalue weighted by Crippen LogP contribution is 2.21. The monoisotopic (exact) mass is 402 g/mol. The first-order valence-corrected chi connectivity index (χ1v) is 9.76. The molecule has 1 aliphatic rings. The van der Waals surface area contributed by atoms with E-state index in [9.17, 15) is 4.79 Å². The quantitative estimate of drug-likeness (QED) is 0.263. The molecule has 1 aromatic heterocycles. The Kier molecular flexibility index (Phi) is 6.37. The topological polar surface area (TPSA) is 64.3 Å². The first-order chi connectivity index (χ1) is 14.8. The third-order valence-corrected chi connectivity index (χ3v) is 4.59. The maximum absolute atomic E-state index is 12.0. The van der Waals surface area contributed by atoms with Crippen molar-refractivity contribution < 1.29 is 18.7 Å². The molecule has 1 fully saturated rings. The number of esters is 1. The number of aliphatic imine (C=N–C) groups is 1. The van der Waals surface area contributed by atoms with Crippen molar-refractivity contribution in [2.75, 3.05) is 31.2 Å². The van der Waals surface area contributed by atoms with E-state index in [1.807, 2.05) is 24.3 Å². The molecule has 1 saturated heterocycles. The minimum absolute atomic E-state index is 0.454. The maximum atomic E-state index is 12.0. The van der Waals surface area contributed by atoms with E-state index in [-0.39, 0.29) is 0 Å². The van der Waals surface area contributed by atoms with Crippen molar-refractivity contribution in [1.29, 1.82) is 0 Å². The van der Waals surface area contributed by atoms with Crippen molar-refractivity contribution in [3.8, 4) is 5.75 Å². The second-order valence-electron chi connectivity index (χ2n) is 6.72. The van der Waals surface area contributed by atoms with Gasteiger partial charge in [0.25, 0.3) is 0 Å². The molecule has 152 valence electrons. The van der Waals surface area contributed by atoms with Crippen LogP contribution in [0.4, 0.5) is 11.4 Å². The van der Waals surface area contributed by atoms with Gasteiger partial charge in [-0.1, -0.05) is 12.1 Å². The lowest BCUT2D eigenvalue weighted by Gasteiger charge is -2.28. The Bertz CT molecular complexity index is 1020. The molecule has 2 aromatic carbocycles. The van der Waals surface area contributed by atoms with Crippen LogP contribution in [0.25, 0.3) is 6.08 Å². The molecule has 6 nitrogen and oxygen atoms in total. The van der Waals surface area contributed by atoms with Crippen LogP contribution in [0.1, 0.15) is 11.3 Å². The molecule has 3 aromatic rings. The van der Waals surface area contributed by atoms with Gasteiger partial charge in [0.15, 0.2) is 0 Å². The number of hydrogen-bond acceptors (Lipinski definition) is 6. The Hall–Kier alpha value is -3.64. The first-order valence-electron chi connectivity index (χ1n) is 9.76. The molecule has 0 unspecified atom stereocenters. The summed E-state index contributed by atoms with van der Waals surface area (Å²) in [6, 6.07) is 18.9. The van der Waals surface area contributed by atoms with Crippen molar-refractivity contribution in [2.24, 2.45) is 4.99 Å². The van der Waals surface area contributed by atoms with Gasteiger partial charge in [-0.05, 0) is 60.2 Å². The molecular formula is C24H22N2O4.